The molecule has 136 valence electrons. The van der Waals surface area contributed by atoms with Crippen molar-refractivity contribution in [3.05, 3.63) is 92.6 Å². The Hall–Kier alpha value is -2.90. The second kappa shape index (κ2) is 8.20. The molecule has 1 heterocycles. The van der Waals surface area contributed by atoms with Gasteiger partial charge >= 0.3 is 5.69 Å². The molecule has 1 N–H and O–H groups in total. The van der Waals surface area contributed by atoms with Crippen LogP contribution in [0.15, 0.2) is 65.7 Å². The van der Waals surface area contributed by atoms with Crippen LogP contribution in [0.3, 0.4) is 0 Å². The van der Waals surface area contributed by atoms with Gasteiger partial charge in [-0.05, 0) is 48.7 Å². The molecule has 0 spiro atoms. The number of carbonyl (C=O) groups is 1. The third-order valence-electron chi connectivity index (χ3n) is 3.82. The van der Waals surface area contributed by atoms with E-state index in [1.165, 1.54) is 18.3 Å². The van der Waals surface area contributed by atoms with Gasteiger partial charge in [0.15, 0.2) is 5.78 Å². The molecular formula is C19H14ClN3O3S. The minimum Gasteiger partial charge on any atom is -0.304 e. The monoisotopic (exact) mass is 399 g/mol. The average molecular weight is 400 g/mol. The minimum absolute atomic E-state index is 0.123. The van der Waals surface area contributed by atoms with Crippen molar-refractivity contribution in [2.75, 3.05) is 4.72 Å². The lowest BCUT2D eigenvalue weighted by Gasteiger charge is -2.09. The van der Waals surface area contributed by atoms with Gasteiger partial charge in [0.25, 0.3) is 0 Å². The quantitative estimate of drug-likeness (QED) is 0.262. The van der Waals surface area contributed by atoms with Gasteiger partial charge in [-0.1, -0.05) is 35.9 Å². The highest BCUT2D eigenvalue weighted by molar-refractivity contribution is 8.00. The molecule has 27 heavy (non-hydrogen) atoms. The molecule has 0 atom stereocenters. The molecule has 6 nitrogen and oxygen atoms in total. The van der Waals surface area contributed by atoms with Crippen LogP contribution < -0.4 is 4.72 Å². The van der Waals surface area contributed by atoms with Gasteiger partial charge in [0.05, 0.1) is 9.95 Å². The predicted octanol–water partition coefficient (Wildman–Crippen LogP) is 5.30. The second-order valence-corrected chi connectivity index (χ2v) is 6.90. The molecule has 0 aliphatic carbocycles. The Kier molecular flexibility index (Phi) is 5.73. The smallest absolute Gasteiger partial charge is 0.304 e. The number of pyridine rings is 1. The summed E-state index contributed by atoms with van der Waals surface area (Å²) < 4.78 is 2.85. The summed E-state index contributed by atoms with van der Waals surface area (Å²) in [5, 5.41) is 11.3. The second-order valence-electron chi connectivity index (χ2n) is 5.62. The third kappa shape index (κ3) is 4.27. The maximum absolute atomic E-state index is 12.7. The molecule has 0 aliphatic rings. The van der Waals surface area contributed by atoms with E-state index in [2.05, 4.69) is 9.71 Å². The van der Waals surface area contributed by atoms with Crippen molar-refractivity contribution in [1.29, 1.82) is 0 Å². The molecule has 0 saturated carbocycles. The van der Waals surface area contributed by atoms with Crippen LogP contribution in [0.2, 0.25) is 5.02 Å². The summed E-state index contributed by atoms with van der Waals surface area (Å²) in [5.74, 6) is -0.00772. The molecule has 0 aliphatic heterocycles. The van der Waals surface area contributed by atoms with Gasteiger partial charge in [0, 0.05) is 28.3 Å². The summed E-state index contributed by atoms with van der Waals surface area (Å²) in [4.78, 5) is 27.9. The van der Waals surface area contributed by atoms with E-state index in [0.29, 0.717) is 21.0 Å². The number of aromatic nitrogens is 1. The summed E-state index contributed by atoms with van der Waals surface area (Å²) in [7, 11) is 0. The molecule has 3 aromatic rings. The molecule has 0 fully saturated rings. The first-order valence-electron chi connectivity index (χ1n) is 7.89. The molecule has 0 radical (unpaired) electrons. The standard InChI is InChI=1S/C19H14ClN3O3S/c1-12-5-2-3-6-14(12)18(24)15-9-8-13(11-16(15)20)27-22-19-17(23(25)26)7-4-10-21-19/h2-11H,1H3,(H,21,22). The van der Waals surface area contributed by atoms with Crippen LogP contribution in [0.1, 0.15) is 21.5 Å². The van der Waals surface area contributed by atoms with Crippen molar-refractivity contribution >= 4 is 40.8 Å². The Morgan fingerprint density at radius 3 is 2.63 bits per heavy atom. The van der Waals surface area contributed by atoms with E-state index in [1.807, 2.05) is 25.1 Å². The molecule has 0 saturated heterocycles. The average Bonchev–Trinajstić information content (AvgIpc) is 2.66. The van der Waals surface area contributed by atoms with Gasteiger partial charge < -0.3 is 4.72 Å². The van der Waals surface area contributed by atoms with Gasteiger partial charge in [0.1, 0.15) is 0 Å². The molecule has 2 aromatic carbocycles. The van der Waals surface area contributed by atoms with Gasteiger partial charge in [0.2, 0.25) is 5.82 Å². The largest absolute Gasteiger partial charge is 0.312 e. The Balaban J connectivity index is 1.79. The lowest BCUT2D eigenvalue weighted by molar-refractivity contribution is -0.384. The lowest BCUT2D eigenvalue weighted by Crippen LogP contribution is -2.04. The number of carbonyl (C=O) groups excluding carboxylic acids is 1. The van der Waals surface area contributed by atoms with E-state index < -0.39 is 4.92 Å². The highest BCUT2D eigenvalue weighted by atomic mass is 35.5. The zero-order valence-electron chi connectivity index (χ0n) is 14.2. The first-order valence-corrected chi connectivity index (χ1v) is 9.09. The zero-order valence-corrected chi connectivity index (χ0v) is 15.8. The van der Waals surface area contributed by atoms with Crippen molar-refractivity contribution < 1.29 is 9.72 Å². The summed E-state index contributed by atoms with van der Waals surface area (Å²) in [5.41, 5.74) is 1.75. The predicted molar refractivity (Wildman–Crippen MR) is 106 cm³/mol. The number of halogens is 1. The van der Waals surface area contributed by atoms with E-state index in [-0.39, 0.29) is 17.3 Å². The molecule has 1 aromatic heterocycles. The fourth-order valence-electron chi connectivity index (χ4n) is 2.45. The fourth-order valence-corrected chi connectivity index (χ4v) is 3.46. The molecule has 8 heteroatoms. The highest BCUT2D eigenvalue weighted by Gasteiger charge is 2.17. The number of hydrogen-bond donors (Lipinski definition) is 1. The van der Waals surface area contributed by atoms with E-state index in [4.69, 9.17) is 11.6 Å². The summed E-state index contributed by atoms with van der Waals surface area (Å²) in [6, 6.07) is 15.2. The van der Waals surface area contributed by atoms with Gasteiger partial charge in [-0.2, -0.15) is 0 Å². The van der Waals surface area contributed by atoms with Crippen LogP contribution >= 0.6 is 23.5 Å². The first kappa shape index (κ1) is 18.9. The van der Waals surface area contributed by atoms with Gasteiger partial charge in [-0.3, -0.25) is 14.9 Å². The summed E-state index contributed by atoms with van der Waals surface area (Å²) in [6.45, 7) is 1.87. The topological polar surface area (TPSA) is 85.1 Å². The van der Waals surface area contributed by atoms with Crippen molar-refractivity contribution in [2.24, 2.45) is 0 Å². The number of benzene rings is 2. The number of hydrogen-bond acceptors (Lipinski definition) is 6. The number of aryl methyl sites for hydroxylation is 1. The van der Waals surface area contributed by atoms with Gasteiger partial charge in [-0.25, -0.2) is 4.98 Å². The van der Waals surface area contributed by atoms with E-state index >= 15 is 0 Å². The maximum atomic E-state index is 12.7. The molecule has 3 rings (SSSR count). The molecule has 0 unspecified atom stereocenters. The van der Waals surface area contributed by atoms with Crippen molar-refractivity contribution in [1.82, 2.24) is 4.98 Å². The zero-order chi connectivity index (χ0) is 19.4. The Bertz CT molecular complexity index is 1030. The minimum atomic E-state index is -0.507. The lowest BCUT2D eigenvalue weighted by atomic mass is 9.99. The van der Waals surface area contributed by atoms with Crippen LogP contribution in [0.4, 0.5) is 11.5 Å². The number of nitrogens with zero attached hydrogens (tertiary/aromatic N) is 2. The molecular weight excluding hydrogens is 386 g/mol. The fraction of sp³-hybridized carbons (Fsp3) is 0.0526. The van der Waals surface area contributed by atoms with Crippen molar-refractivity contribution in [2.45, 2.75) is 11.8 Å². The van der Waals surface area contributed by atoms with Crippen LogP contribution in [0.25, 0.3) is 0 Å². The number of anilines is 1. The van der Waals surface area contributed by atoms with Crippen LogP contribution in [-0.4, -0.2) is 15.7 Å². The number of nitrogens with one attached hydrogen (secondary N) is 1. The van der Waals surface area contributed by atoms with Crippen molar-refractivity contribution in [3.63, 3.8) is 0 Å². The number of ketones is 1. The van der Waals surface area contributed by atoms with E-state index in [1.54, 1.807) is 24.3 Å². The molecule has 0 amide bonds. The molecule has 0 bridgehead atoms. The van der Waals surface area contributed by atoms with Crippen LogP contribution in [-0.2, 0) is 0 Å². The number of rotatable bonds is 6. The Labute approximate surface area is 164 Å². The van der Waals surface area contributed by atoms with Crippen LogP contribution in [0.5, 0.6) is 0 Å². The normalized spacial score (nSPS) is 10.4. The maximum Gasteiger partial charge on any atom is 0.312 e. The Morgan fingerprint density at radius 2 is 1.93 bits per heavy atom. The third-order valence-corrected chi connectivity index (χ3v) is 4.92. The van der Waals surface area contributed by atoms with Crippen LogP contribution in [0, 0.1) is 17.0 Å². The Morgan fingerprint density at radius 1 is 1.15 bits per heavy atom. The highest BCUT2D eigenvalue weighted by Crippen LogP contribution is 2.30. The van der Waals surface area contributed by atoms with E-state index in [9.17, 15) is 14.9 Å². The van der Waals surface area contributed by atoms with Gasteiger partial charge in [-0.15, -0.1) is 0 Å². The summed E-state index contributed by atoms with van der Waals surface area (Å²) >= 11 is 7.43. The van der Waals surface area contributed by atoms with Crippen molar-refractivity contribution in [3.8, 4) is 0 Å². The number of nitro groups is 1. The SMILES string of the molecule is Cc1ccccc1C(=O)c1ccc(SNc2ncccc2[N+](=O)[O-])cc1Cl. The first-order chi connectivity index (χ1) is 13.0. The van der Waals surface area contributed by atoms with E-state index in [0.717, 1.165) is 17.5 Å². The summed E-state index contributed by atoms with van der Waals surface area (Å²) in [6.07, 6.45) is 1.47.